The number of halogens is 1. The van der Waals surface area contributed by atoms with Gasteiger partial charge in [0.05, 0.1) is 6.10 Å². The van der Waals surface area contributed by atoms with E-state index >= 15 is 0 Å². The second-order valence-electron chi connectivity index (χ2n) is 3.56. The smallest absolute Gasteiger partial charge is 0.110 e. The van der Waals surface area contributed by atoms with Crippen LogP contribution in [0.4, 0.5) is 0 Å². The van der Waals surface area contributed by atoms with Gasteiger partial charge in [-0.05, 0) is 25.7 Å². The molecule has 1 saturated heterocycles. The molecule has 1 aliphatic carbocycles. The van der Waals surface area contributed by atoms with Crippen LogP contribution >= 0.6 is 23.0 Å². The molecule has 11 heavy (non-hydrogen) atoms. The van der Waals surface area contributed by atoms with E-state index in [2.05, 4.69) is 4.90 Å². The van der Waals surface area contributed by atoms with E-state index in [9.17, 15) is 0 Å². The van der Waals surface area contributed by atoms with E-state index in [0.717, 1.165) is 6.04 Å². The van der Waals surface area contributed by atoms with Crippen LogP contribution in [-0.4, -0.2) is 30.1 Å². The Bertz CT molecular complexity index is 130. The van der Waals surface area contributed by atoms with Crippen LogP contribution < -0.4 is 0 Å². The van der Waals surface area contributed by atoms with Gasteiger partial charge in [0.2, 0.25) is 0 Å². The maximum absolute atomic E-state index is 5.28. The highest BCUT2D eigenvalue weighted by Gasteiger charge is 2.31. The van der Waals surface area contributed by atoms with Crippen LogP contribution in [0.1, 0.15) is 25.7 Å². The third-order valence-electron chi connectivity index (χ3n) is 2.67. The standard InChI is InChI=1S/C8H14INO/c9-11-8-3-5-10(6-4-8)7-1-2-7/h7-8H,1-6H2. The highest BCUT2D eigenvalue weighted by atomic mass is 127. The number of rotatable bonds is 2. The van der Waals surface area contributed by atoms with Crippen molar-refractivity contribution in [2.75, 3.05) is 13.1 Å². The van der Waals surface area contributed by atoms with Crippen molar-refractivity contribution in [2.45, 2.75) is 37.8 Å². The fraction of sp³-hybridized carbons (Fsp3) is 1.00. The lowest BCUT2D eigenvalue weighted by molar-refractivity contribution is 0.128. The first kappa shape index (κ1) is 8.26. The van der Waals surface area contributed by atoms with Crippen LogP contribution in [0.2, 0.25) is 0 Å². The maximum atomic E-state index is 5.28. The molecule has 0 aromatic carbocycles. The topological polar surface area (TPSA) is 12.5 Å². The molecule has 0 unspecified atom stereocenters. The van der Waals surface area contributed by atoms with Crippen molar-refractivity contribution in [1.82, 2.24) is 4.90 Å². The molecule has 2 fully saturated rings. The largest absolute Gasteiger partial charge is 0.312 e. The van der Waals surface area contributed by atoms with Crippen LogP contribution in [0, 0.1) is 0 Å². The van der Waals surface area contributed by atoms with Crippen molar-refractivity contribution in [3.05, 3.63) is 0 Å². The summed E-state index contributed by atoms with van der Waals surface area (Å²) in [5.41, 5.74) is 0. The van der Waals surface area contributed by atoms with E-state index in [4.69, 9.17) is 3.07 Å². The van der Waals surface area contributed by atoms with E-state index in [1.165, 1.54) is 38.8 Å². The lowest BCUT2D eigenvalue weighted by Crippen LogP contribution is -2.37. The predicted molar refractivity (Wildman–Crippen MR) is 52.7 cm³/mol. The number of hydrogen-bond donors (Lipinski definition) is 0. The number of nitrogens with zero attached hydrogens (tertiary/aromatic N) is 1. The highest BCUT2D eigenvalue weighted by molar-refractivity contribution is 14.1. The molecular weight excluding hydrogens is 253 g/mol. The zero-order chi connectivity index (χ0) is 7.68. The van der Waals surface area contributed by atoms with Crippen LogP contribution in [0.3, 0.4) is 0 Å². The molecule has 0 radical (unpaired) electrons. The van der Waals surface area contributed by atoms with E-state index in [0.29, 0.717) is 6.10 Å². The average molecular weight is 267 g/mol. The van der Waals surface area contributed by atoms with Crippen molar-refractivity contribution >= 4 is 23.0 Å². The third-order valence-corrected chi connectivity index (χ3v) is 3.39. The van der Waals surface area contributed by atoms with Crippen molar-refractivity contribution in [3.8, 4) is 0 Å². The fourth-order valence-corrected chi connectivity index (χ4v) is 2.28. The molecule has 2 aliphatic rings. The van der Waals surface area contributed by atoms with Gasteiger partial charge in [0, 0.05) is 19.1 Å². The minimum absolute atomic E-state index is 0.533. The molecule has 2 nitrogen and oxygen atoms in total. The molecule has 3 heteroatoms. The molecule has 1 saturated carbocycles. The molecule has 0 spiro atoms. The SMILES string of the molecule is IOC1CCN(C2CC2)CC1. The fourth-order valence-electron chi connectivity index (χ4n) is 1.77. The number of piperidine rings is 1. The Morgan fingerprint density at radius 3 is 2.18 bits per heavy atom. The zero-order valence-electron chi connectivity index (χ0n) is 6.63. The third kappa shape index (κ3) is 2.06. The normalized spacial score (nSPS) is 29.2. The zero-order valence-corrected chi connectivity index (χ0v) is 8.79. The molecule has 0 aromatic heterocycles. The quantitative estimate of drug-likeness (QED) is 0.709. The Hall–Kier alpha value is 0.650. The van der Waals surface area contributed by atoms with Gasteiger partial charge in [-0.25, -0.2) is 0 Å². The van der Waals surface area contributed by atoms with Crippen molar-refractivity contribution < 1.29 is 3.07 Å². The van der Waals surface area contributed by atoms with Crippen molar-refractivity contribution in [2.24, 2.45) is 0 Å². The van der Waals surface area contributed by atoms with Gasteiger partial charge in [0.1, 0.15) is 23.0 Å². The minimum atomic E-state index is 0.533. The monoisotopic (exact) mass is 267 g/mol. The molecular formula is C8H14INO. The van der Waals surface area contributed by atoms with E-state index in [-0.39, 0.29) is 0 Å². The minimum Gasteiger partial charge on any atom is -0.312 e. The molecule has 0 atom stereocenters. The summed E-state index contributed by atoms with van der Waals surface area (Å²) in [6.45, 7) is 2.52. The molecule has 2 rings (SSSR count). The van der Waals surface area contributed by atoms with Crippen LogP contribution in [0.5, 0.6) is 0 Å². The summed E-state index contributed by atoms with van der Waals surface area (Å²) in [5.74, 6) is 0. The predicted octanol–water partition coefficient (Wildman–Crippen LogP) is 1.98. The Balaban J connectivity index is 1.75. The molecule has 1 aliphatic heterocycles. The summed E-state index contributed by atoms with van der Waals surface area (Å²) in [7, 11) is 0. The van der Waals surface area contributed by atoms with E-state index in [1.807, 2.05) is 23.0 Å². The second-order valence-corrected chi connectivity index (χ2v) is 4.06. The Morgan fingerprint density at radius 1 is 1.09 bits per heavy atom. The summed E-state index contributed by atoms with van der Waals surface area (Å²) in [4.78, 5) is 2.62. The van der Waals surface area contributed by atoms with Crippen LogP contribution in [0.25, 0.3) is 0 Å². The van der Waals surface area contributed by atoms with Crippen LogP contribution in [-0.2, 0) is 3.07 Å². The number of hydrogen-bond acceptors (Lipinski definition) is 2. The lowest BCUT2D eigenvalue weighted by atomic mass is 10.1. The molecule has 0 amide bonds. The molecule has 0 aromatic rings. The summed E-state index contributed by atoms with van der Waals surface area (Å²) in [6, 6.07) is 0.949. The molecule has 0 N–H and O–H groups in total. The summed E-state index contributed by atoms with van der Waals surface area (Å²) in [6.07, 6.45) is 5.88. The van der Waals surface area contributed by atoms with Gasteiger partial charge in [0.25, 0.3) is 0 Å². The van der Waals surface area contributed by atoms with Gasteiger partial charge in [0.15, 0.2) is 0 Å². The van der Waals surface area contributed by atoms with Gasteiger partial charge >= 0.3 is 0 Å². The molecule has 1 heterocycles. The van der Waals surface area contributed by atoms with Gasteiger partial charge in [-0.1, -0.05) is 0 Å². The van der Waals surface area contributed by atoms with Gasteiger partial charge in [-0.3, -0.25) is 0 Å². The van der Waals surface area contributed by atoms with Gasteiger partial charge < -0.3 is 7.97 Å². The Labute approximate surface area is 82.0 Å². The van der Waals surface area contributed by atoms with Gasteiger partial charge in [-0.2, -0.15) is 0 Å². The van der Waals surface area contributed by atoms with Gasteiger partial charge in [-0.15, -0.1) is 0 Å². The van der Waals surface area contributed by atoms with E-state index < -0.39 is 0 Å². The summed E-state index contributed by atoms with van der Waals surface area (Å²) >= 11 is 2.03. The lowest BCUT2D eigenvalue weighted by Gasteiger charge is -2.30. The number of likely N-dealkylation sites (tertiary alicyclic amines) is 1. The average Bonchev–Trinajstić information content (AvgIpc) is 2.87. The van der Waals surface area contributed by atoms with Crippen molar-refractivity contribution in [3.63, 3.8) is 0 Å². The first-order chi connectivity index (χ1) is 5.40. The molecule has 64 valence electrons. The Kier molecular flexibility index (Phi) is 2.69. The first-order valence-corrected chi connectivity index (χ1v) is 5.29. The molecule has 0 bridgehead atoms. The summed E-state index contributed by atoms with van der Waals surface area (Å²) in [5, 5.41) is 0. The van der Waals surface area contributed by atoms with Crippen LogP contribution in [0.15, 0.2) is 0 Å². The second kappa shape index (κ2) is 3.58. The maximum Gasteiger partial charge on any atom is 0.110 e. The summed E-state index contributed by atoms with van der Waals surface area (Å²) < 4.78 is 5.28. The highest BCUT2D eigenvalue weighted by Crippen LogP contribution is 2.30. The Morgan fingerprint density at radius 2 is 1.73 bits per heavy atom. The van der Waals surface area contributed by atoms with Crippen molar-refractivity contribution in [1.29, 1.82) is 0 Å². The first-order valence-electron chi connectivity index (χ1n) is 4.41. The van der Waals surface area contributed by atoms with E-state index in [1.54, 1.807) is 0 Å².